The summed E-state index contributed by atoms with van der Waals surface area (Å²) in [4.78, 5) is 17.0. The van der Waals surface area contributed by atoms with E-state index in [2.05, 4.69) is 17.7 Å². The summed E-state index contributed by atoms with van der Waals surface area (Å²) < 4.78 is 35.3. The molecule has 0 spiro atoms. The van der Waals surface area contributed by atoms with Gasteiger partial charge in [0.15, 0.2) is 0 Å². The lowest BCUT2D eigenvalue weighted by molar-refractivity contribution is 0.0696. The third-order valence-corrected chi connectivity index (χ3v) is 11.0. The first-order chi connectivity index (χ1) is 18.3. The van der Waals surface area contributed by atoms with Gasteiger partial charge in [0.2, 0.25) is 0 Å². The van der Waals surface area contributed by atoms with Crippen molar-refractivity contribution in [2.45, 2.75) is 77.8 Å². The largest absolute Gasteiger partial charge is 0.495 e. The van der Waals surface area contributed by atoms with Gasteiger partial charge in [0, 0.05) is 4.88 Å². The maximum atomic E-state index is 13.1. The van der Waals surface area contributed by atoms with Crippen molar-refractivity contribution in [2.24, 2.45) is 17.8 Å². The van der Waals surface area contributed by atoms with Crippen LogP contribution in [0.2, 0.25) is 0 Å². The highest BCUT2D eigenvalue weighted by molar-refractivity contribution is 7.90. The van der Waals surface area contributed by atoms with Gasteiger partial charge in [-0.2, -0.15) is 12.7 Å². The summed E-state index contributed by atoms with van der Waals surface area (Å²) in [6.45, 7) is 2.78. The van der Waals surface area contributed by atoms with E-state index in [1.54, 1.807) is 11.3 Å². The van der Waals surface area contributed by atoms with E-state index in [1.165, 1.54) is 80.1 Å². The zero-order valence-corrected chi connectivity index (χ0v) is 23.7. The number of nitrogens with zero attached hydrogens (tertiary/aromatic N) is 2. The summed E-state index contributed by atoms with van der Waals surface area (Å²) in [6.07, 6.45) is 14.1. The van der Waals surface area contributed by atoms with E-state index < -0.39 is 16.2 Å². The van der Waals surface area contributed by atoms with E-state index in [-0.39, 0.29) is 30.1 Å². The van der Waals surface area contributed by atoms with Gasteiger partial charge in [-0.3, -0.25) is 4.72 Å². The van der Waals surface area contributed by atoms with Crippen LogP contribution in [-0.4, -0.2) is 35.9 Å². The number of ether oxygens (including phenoxy) is 1. The predicted octanol–water partition coefficient (Wildman–Crippen LogP) is 6.31. The van der Waals surface area contributed by atoms with Crippen LogP contribution in [-0.2, 0) is 23.3 Å². The number of carboxylic acids is 1. The van der Waals surface area contributed by atoms with Gasteiger partial charge in [-0.25, -0.2) is 9.78 Å². The number of carbonyl (C=O) groups is 1. The molecule has 206 valence electrons. The summed E-state index contributed by atoms with van der Waals surface area (Å²) in [5.74, 6) is 1.65. The van der Waals surface area contributed by atoms with Crippen molar-refractivity contribution in [3.8, 4) is 5.75 Å². The molecule has 2 aliphatic carbocycles. The number of aromatic nitrogens is 1. The normalized spacial score (nSPS) is 24.1. The number of hydrogen-bond acceptors (Lipinski definition) is 6. The topological polar surface area (TPSA) is 109 Å². The van der Waals surface area contributed by atoms with E-state index in [1.807, 2.05) is 0 Å². The van der Waals surface area contributed by atoms with Crippen molar-refractivity contribution in [2.75, 3.05) is 11.8 Å². The molecular weight excluding hydrogens is 522 g/mol. The average Bonchev–Trinajstić information content (AvgIpc) is 3.50. The third kappa shape index (κ3) is 5.77. The van der Waals surface area contributed by atoms with Crippen LogP contribution in [0.3, 0.4) is 0 Å². The number of aromatic carboxylic acids is 1. The molecule has 2 N–H and O–H groups in total. The SMILES string of the molecule is CCCC1CCC(C2CC=C(c3nc4c(s3)CN(S(=O)(=O)Nc3ccc(C(=O)O)cc3OC)C4)CC2)CC1. The van der Waals surface area contributed by atoms with Crippen LogP contribution in [0.4, 0.5) is 5.69 Å². The molecule has 38 heavy (non-hydrogen) atoms. The van der Waals surface area contributed by atoms with Gasteiger partial charge in [0.05, 0.1) is 37.1 Å². The maximum Gasteiger partial charge on any atom is 0.335 e. The van der Waals surface area contributed by atoms with Gasteiger partial charge in [-0.1, -0.05) is 38.7 Å². The molecule has 0 bridgehead atoms. The Balaban J connectivity index is 1.19. The Morgan fingerprint density at radius 1 is 1.18 bits per heavy atom. The number of anilines is 1. The van der Waals surface area contributed by atoms with Gasteiger partial charge in [0.1, 0.15) is 10.8 Å². The Kier molecular flexibility index (Phi) is 8.11. The highest BCUT2D eigenvalue weighted by Gasteiger charge is 2.34. The maximum absolute atomic E-state index is 13.1. The van der Waals surface area contributed by atoms with E-state index in [0.717, 1.165) is 46.2 Å². The molecule has 1 aromatic carbocycles. The zero-order valence-electron chi connectivity index (χ0n) is 22.1. The summed E-state index contributed by atoms with van der Waals surface area (Å²) in [6, 6.07) is 4.05. The Labute approximate surface area is 229 Å². The molecule has 0 amide bonds. The van der Waals surface area contributed by atoms with Gasteiger partial charge in [0.25, 0.3) is 0 Å². The van der Waals surface area contributed by atoms with Crippen LogP contribution in [0.25, 0.3) is 5.57 Å². The molecule has 3 aliphatic rings. The second-order valence-corrected chi connectivity index (χ2v) is 13.6. The molecule has 1 fully saturated rings. The number of allylic oxidation sites excluding steroid dienone is 2. The Hall–Kier alpha value is -2.43. The first-order valence-corrected chi connectivity index (χ1v) is 15.9. The lowest BCUT2D eigenvalue weighted by Gasteiger charge is -2.35. The van der Waals surface area contributed by atoms with Crippen molar-refractivity contribution in [1.82, 2.24) is 9.29 Å². The number of hydrogen-bond donors (Lipinski definition) is 2. The first kappa shape index (κ1) is 27.1. The summed E-state index contributed by atoms with van der Waals surface area (Å²) >= 11 is 1.61. The molecule has 1 saturated carbocycles. The molecular formula is C28H37N3O5S2. The standard InChI is InChI=1S/C28H37N3O5S2/c1-3-4-18-5-7-19(8-6-18)20-9-11-21(12-10-20)27-29-24-16-31(17-26(24)37-27)38(34,35)30-23-14-13-22(28(32)33)15-25(23)36-2/h11,13-15,18-20,30H,3-10,12,16-17H2,1-2H3,(H,32,33). The Morgan fingerprint density at radius 3 is 2.61 bits per heavy atom. The molecule has 1 atom stereocenters. The van der Waals surface area contributed by atoms with Gasteiger partial charge < -0.3 is 9.84 Å². The number of rotatable bonds is 9. The van der Waals surface area contributed by atoms with Crippen LogP contribution < -0.4 is 9.46 Å². The molecule has 10 heteroatoms. The Bertz CT molecular complexity index is 1290. The fourth-order valence-electron chi connectivity index (χ4n) is 6.27. The fourth-order valence-corrected chi connectivity index (χ4v) is 8.67. The number of fused-ring (bicyclic) bond motifs is 1. The lowest BCUT2D eigenvalue weighted by Crippen LogP contribution is -2.31. The predicted molar refractivity (Wildman–Crippen MR) is 150 cm³/mol. The monoisotopic (exact) mass is 559 g/mol. The first-order valence-electron chi connectivity index (χ1n) is 13.6. The van der Waals surface area contributed by atoms with E-state index >= 15 is 0 Å². The molecule has 2 aromatic rings. The number of benzene rings is 1. The van der Waals surface area contributed by atoms with Crippen molar-refractivity contribution in [1.29, 1.82) is 0 Å². The number of nitrogens with one attached hydrogen (secondary N) is 1. The Morgan fingerprint density at radius 2 is 1.97 bits per heavy atom. The van der Waals surface area contributed by atoms with E-state index in [0.29, 0.717) is 0 Å². The second-order valence-electron chi connectivity index (χ2n) is 10.8. The fraction of sp³-hybridized carbons (Fsp3) is 0.571. The van der Waals surface area contributed by atoms with Gasteiger partial charge in [-0.15, -0.1) is 11.3 Å². The van der Waals surface area contributed by atoms with Crippen LogP contribution >= 0.6 is 11.3 Å². The van der Waals surface area contributed by atoms with E-state index in [4.69, 9.17) is 9.72 Å². The lowest BCUT2D eigenvalue weighted by atomic mass is 9.71. The molecule has 0 radical (unpaired) electrons. The van der Waals surface area contributed by atoms with Crippen LogP contribution in [0.5, 0.6) is 5.75 Å². The molecule has 1 aliphatic heterocycles. The van der Waals surface area contributed by atoms with Crippen LogP contribution in [0.15, 0.2) is 24.3 Å². The van der Waals surface area contributed by atoms with Crippen molar-refractivity contribution in [3.63, 3.8) is 0 Å². The number of methoxy groups -OCH3 is 1. The van der Waals surface area contributed by atoms with Crippen LogP contribution in [0.1, 0.15) is 90.6 Å². The smallest absolute Gasteiger partial charge is 0.335 e. The molecule has 8 nitrogen and oxygen atoms in total. The van der Waals surface area contributed by atoms with E-state index in [9.17, 15) is 18.3 Å². The number of carboxylic acid groups (broad SMARTS) is 1. The van der Waals surface area contributed by atoms with Crippen molar-refractivity contribution in [3.05, 3.63) is 45.4 Å². The molecule has 5 rings (SSSR count). The summed E-state index contributed by atoms with van der Waals surface area (Å²) in [5.41, 5.74) is 2.35. The van der Waals surface area contributed by atoms with Crippen molar-refractivity contribution >= 4 is 38.8 Å². The quantitative estimate of drug-likeness (QED) is 0.373. The summed E-state index contributed by atoms with van der Waals surface area (Å²) in [7, 11) is -2.50. The second kappa shape index (κ2) is 11.4. The molecule has 2 heterocycles. The minimum atomic E-state index is -3.87. The minimum absolute atomic E-state index is 0.0209. The van der Waals surface area contributed by atoms with Crippen molar-refractivity contribution < 1.29 is 23.1 Å². The zero-order chi connectivity index (χ0) is 26.9. The van der Waals surface area contributed by atoms with Crippen LogP contribution in [0, 0.1) is 17.8 Å². The van der Waals surface area contributed by atoms with Gasteiger partial charge >= 0.3 is 16.2 Å². The average molecular weight is 560 g/mol. The molecule has 1 aromatic heterocycles. The number of thiazole rings is 1. The highest BCUT2D eigenvalue weighted by Crippen LogP contribution is 2.43. The minimum Gasteiger partial charge on any atom is -0.495 e. The molecule has 1 unspecified atom stereocenters. The molecule has 0 saturated heterocycles. The van der Waals surface area contributed by atoms with Gasteiger partial charge in [-0.05, 0) is 73.6 Å². The highest BCUT2D eigenvalue weighted by atomic mass is 32.2. The third-order valence-electron chi connectivity index (χ3n) is 8.43. The summed E-state index contributed by atoms with van der Waals surface area (Å²) in [5, 5.41) is 10.2.